The van der Waals surface area contributed by atoms with Crippen LogP contribution in [-0.2, 0) is 0 Å². The minimum absolute atomic E-state index is 0.546. The van der Waals surface area contributed by atoms with E-state index in [2.05, 4.69) is 40.4 Å². The maximum atomic E-state index is 10.4. The summed E-state index contributed by atoms with van der Waals surface area (Å²) in [6, 6.07) is 15.9. The zero-order chi connectivity index (χ0) is 15.1. The van der Waals surface area contributed by atoms with Gasteiger partial charge in [0.05, 0.1) is 12.1 Å². The standard InChI is InChI=1S/C18H13N3O/c19-21-20-17-8-7-13-9-15-12(10-16(13)18(17)22)6-5-11-3-1-2-4-14(11)15/h1-10,17-18,22H. The van der Waals surface area contributed by atoms with Crippen molar-refractivity contribution in [1.82, 2.24) is 0 Å². The molecule has 0 aromatic heterocycles. The zero-order valence-corrected chi connectivity index (χ0v) is 11.7. The minimum Gasteiger partial charge on any atom is -0.388 e. The molecule has 2 unspecified atom stereocenters. The molecule has 106 valence electrons. The fourth-order valence-corrected chi connectivity index (χ4v) is 3.14. The minimum atomic E-state index is -0.799. The molecule has 0 amide bonds. The Bertz CT molecular complexity index is 971. The third-order valence-electron chi connectivity index (χ3n) is 4.25. The van der Waals surface area contributed by atoms with Crippen LogP contribution in [0.25, 0.3) is 38.1 Å². The van der Waals surface area contributed by atoms with Crippen LogP contribution in [0, 0.1) is 0 Å². The molecule has 0 spiro atoms. The van der Waals surface area contributed by atoms with Crippen LogP contribution >= 0.6 is 0 Å². The molecule has 4 heteroatoms. The predicted molar refractivity (Wildman–Crippen MR) is 88.4 cm³/mol. The van der Waals surface area contributed by atoms with Crippen LogP contribution in [0.15, 0.2) is 59.7 Å². The molecule has 1 N–H and O–H groups in total. The Morgan fingerprint density at radius 1 is 1.00 bits per heavy atom. The largest absolute Gasteiger partial charge is 0.388 e. The first-order chi connectivity index (χ1) is 10.8. The molecule has 0 saturated carbocycles. The van der Waals surface area contributed by atoms with Gasteiger partial charge in [-0.2, -0.15) is 0 Å². The van der Waals surface area contributed by atoms with E-state index in [0.29, 0.717) is 0 Å². The number of aliphatic hydroxyl groups is 1. The molecule has 0 saturated heterocycles. The smallest absolute Gasteiger partial charge is 0.0915 e. The first kappa shape index (κ1) is 12.9. The van der Waals surface area contributed by atoms with Gasteiger partial charge >= 0.3 is 0 Å². The SMILES string of the molecule is [N-]=[N+]=NC1C=Cc2cc3c(ccc4ccccc43)cc2C1O. The van der Waals surface area contributed by atoms with Gasteiger partial charge in [0.25, 0.3) is 0 Å². The van der Waals surface area contributed by atoms with Crippen molar-refractivity contribution < 1.29 is 5.11 Å². The van der Waals surface area contributed by atoms with Crippen LogP contribution in [0.3, 0.4) is 0 Å². The van der Waals surface area contributed by atoms with Crippen LogP contribution in [0.2, 0.25) is 0 Å². The molecule has 4 nitrogen and oxygen atoms in total. The number of hydrogen-bond acceptors (Lipinski definition) is 2. The summed E-state index contributed by atoms with van der Waals surface area (Å²) in [6.07, 6.45) is 2.87. The molecule has 22 heavy (non-hydrogen) atoms. The van der Waals surface area contributed by atoms with Crippen molar-refractivity contribution in [2.75, 3.05) is 0 Å². The second-order valence-corrected chi connectivity index (χ2v) is 5.49. The predicted octanol–water partition coefficient (Wildman–Crippen LogP) is 4.73. The van der Waals surface area contributed by atoms with E-state index in [0.717, 1.165) is 21.9 Å². The van der Waals surface area contributed by atoms with Gasteiger partial charge in [0, 0.05) is 4.91 Å². The molecule has 0 radical (unpaired) electrons. The van der Waals surface area contributed by atoms with Crippen molar-refractivity contribution in [2.45, 2.75) is 12.1 Å². The second kappa shape index (κ2) is 4.88. The quantitative estimate of drug-likeness (QED) is 0.299. The highest BCUT2D eigenvalue weighted by Crippen LogP contribution is 2.35. The van der Waals surface area contributed by atoms with E-state index in [1.54, 1.807) is 6.08 Å². The summed E-state index contributed by atoms with van der Waals surface area (Å²) in [6.45, 7) is 0. The average Bonchev–Trinajstić information content (AvgIpc) is 2.56. The van der Waals surface area contributed by atoms with E-state index < -0.39 is 12.1 Å². The Morgan fingerprint density at radius 2 is 1.82 bits per heavy atom. The van der Waals surface area contributed by atoms with Crippen molar-refractivity contribution in [1.29, 1.82) is 0 Å². The van der Waals surface area contributed by atoms with Crippen molar-refractivity contribution >= 4 is 27.6 Å². The molecule has 3 aromatic rings. The summed E-state index contributed by atoms with van der Waals surface area (Å²) in [5.41, 5.74) is 10.4. The van der Waals surface area contributed by atoms with Gasteiger partial charge < -0.3 is 5.11 Å². The summed E-state index contributed by atoms with van der Waals surface area (Å²) >= 11 is 0. The molecule has 4 rings (SSSR count). The maximum Gasteiger partial charge on any atom is 0.0915 e. The average molecular weight is 287 g/mol. The number of fused-ring (bicyclic) bond motifs is 4. The number of aliphatic hydroxyl groups excluding tert-OH is 1. The van der Waals surface area contributed by atoms with E-state index in [1.165, 1.54) is 10.8 Å². The fraction of sp³-hybridized carbons (Fsp3) is 0.111. The highest BCUT2D eigenvalue weighted by Gasteiger charge is 2.23. The van der Waals surface area contributed by atoms with E-state index in [-0.39, 0.29) is 0 Å². The lowest BCUT2D eigenvalue weighted by Crippen LogP contribution is -2.17. The lowest BCUT2D eigenvalue weighted by Gasteiger charge is -2.23. The van der Waals surface area contributed by atoms with Gasteiger partial charge in [-0.25, -0.2) is 0 Å². The lowest BCUT2D eigenvalue weighted by molar-refractivity contribution is 0.162. The Balaban J connectivity index is 2.00. The Labute approximate surface area is 126 Å². The van der Waals surface area contributed by atoms with Crippen LogP contribution in [-0.4, -0.2) is 11.1 Å². The lowest BCUT2D eigenvalue weighted by atomic mass is 9.88. The molecule has 1 aliphatic rings. The van der Waals surface area contributed by atoms with Crippen molar-refractivity contribution in [3.8, 4) is 0 Å². The monoisotopic (exact) mass is 287 g/mol. The molecular weight excluding hydrogens is 274 g/mol. The van der Waals surface area contributed by atoms with E-state index in [4.69, 9.17) is 5.53 Å². The van der Waals surface area contributed by atoms with Crippen molar-refractivity contribution in [3.63, 3.8) is 0 Å². The molecule has 2 atom stereocenters. The molecular formula is C18H13N3O. The summed E-state index contributed by atoms with van der Waals surface area (Å²) in [4.78, 5) is 2.80. The topological polar surface area (TPSA) is 69.0 Å². The van der Waals surface area contributed by atoms with Gasteiger partial charge in [0.1, 0.15) is 0 Å². The van der Waals surface area contributed by atoms with Gasteiger partial charge in [-0.1, -0.05) is 53.7 Å². The number of hydrogen-bond donors (Lipinski definition) is 1. The molecule has 0 heterocycles. The highest BCUT2D eigenvalue weighted by atomic mass is 16.3. The summed E-state index contributed by atoms with van der Waals surface area (Å²) in [7, 11) is 0. The van der Waals surface area contributed by atoms with E-state index in [1.807, 2.05) is 24.3 Å². The van der Waals surface area contributed by atoms with Crippen LogP contribution in [0.1, 0.15) is 17.2 Å². The van der Waals surface area contributed by atoms with Gasteiger partial charge in [-0.05, 0) is 50.3 Å². The first-order valence-corrected chi connectivity index (χ1v) is 7.14. The van der Waals surface area contributed by atoms with Crippen molar-refractivity contribution in [2.24, 2.45) is 5.11 Å². The van der Waals surface area contributed by atoms with Gasteiger partial charge in [-0.3, -0.25) is 0 Å². The molecule has 0 bridgehead atoms. The number of azide groups is 1. The van der Waals surface area contributed by atoms with Crippen LogP contribution in [0.4, 0.5) is 0 Å². The number of nitrogens with zero attached hydrogens (tertiary/aromatic N) is 3. The van der Waals surface area contributed by atoms with Gasteiger partial charge in [0.2, 0.25) is 0 Å². The van der Waals surface area contributed by atoms with E-state index >= 15 is 0 Å². The summed E-state index contributed by atoms with van der Waals surface area (Å²) < 4.78 is 0. The Kier molecular flexibility index (Phi) is 2.86. The normalized spacial score (nSPS) is 19.9. The Hall–Kier alpha value is -2.81. The first-order valence-electron chi connectivity index (χ1n) is 7.14. The van der Waals surface area contributed by atoms with Crippen LogP contribution in [0.5, 0.6) is 0 Å². The molecule has 0 fully saturated rings. The molecule has 0 aliphatic heterocycles. The molecule has 1 aliphatic carbocycles. The number of benzene rings is 3. The highest BCUT2D eigenvalue weighted by molar-refractivity contribution is 6.08. The van der Waals surface area contributed by atoms with E-state index in [9.17, 15) is 5.11 Å². The number of rotatable bonds is 1. The van der Waals surface area contributed by atoms with Crippen LogP contribution < -0.4 is 0 Å². The fourth-order valence-electron chi connectivity index (χ4n) is 3.14. The third-order valence-corrected chi connectivity index (χ3v) is 4.25. The Morgan fingerprint density at radius 3 is 2.68 bits per heavy atom. The second-order valence-electron chi connectivity index (χ2n) is 5.49. The van der Waals surface area contributed by atoms with Crippen molar-refractivity contribution in [3.05, 3.63) is 76.2 Å². The summed E-state index contributed by atoms with van der Waals surface area (Å²) in [5, 5.41) is 18.7. The van der Waals surface area contributed by atoms with Gasteiger partial charge in [0.15, 0.2) is 0 Å². The third kappa shape index (κ3) is 1.86. The molecule has 3 aromatic carbocycles. The zero-order valence-electron chi connectivity index (χ0n) is 11.7. The summed E-state index contributed by atoms with van der Waals surface area (Å²) in [5.74, 6) is 0. The maximum absolute atomic E-state index is 10.4. The van der Waals surface area contributed by atoms with Gasteiger partial charge in [-0.15, -0.1) is 0 Å².